The topological polar surface area (TPSA) is 109 Å². The normalized spacial score (nSPS) is 13.2. The maximum atomic E-state index is 11.9. The first kappa shape index (κ1) is 17.3. The summed E-state index contributed by atoms with van der Waals surface area (Å²) >= 11 is 7.02. The van der Waals surface area contributed by atoms with Crippen LogP contribution in [0, 0.1) is 0 Å². The molecule has 1 rings (SSSR count). The summed E-state index contributed by atoms with van der Waals surface area (Å²) in [5.41, 5.74) is 4.95. The zero-order valence-electron chi connectivity index (χ0n) is 11.2. The summed E-state index contributed by atoms with van der Waals surface area (Å²) in [7, 11) is 0. The molecule has 21 heavy (non-hydrogen) atoms. The van der Waals surface area contributed by atoms with Crippen LogP contribution in [0.15, 0.2) is 29.2 Å². The van der Waals surface area contributed by atoms with Gasteiger partial charge in [0.2, 0.25) is 11.8 Å². The second kappa shape index (κ2) is 7.90. The van der Waals surface area contributed by atoms with Gasteiger partial charge in [-0.25, -0.2) is 4.79 Å². The smallest absolute Gasteiger partial charge is 0.326 e. The molecular formula is C13H15ClN2O4S. The summed E-state index contributed by atoms with van der Waals surface area (Å²) in [4.78, 5) is 34.5. The Bertz CT molecular complexity index is 535. The van der Waals surface area contributed by atoms with Crippen molar-refractivity contribution in [3.8, 4) is 0 Å². The lowest BCUT2D eigenvalue weighted by atomic mass is 10.2. The van der Waals surface area contributed by atoms with Crippen LogP contribution in [0.3, 0.4) is 0 Å². The number of thioether (sulfide) groups is 1. The lowest BCUT2D eigenvalue weighted by molar-refractivity contribution is -0.143. The number of carbonyl (C=O) groups excluding carboxylic acids is 2. The van der Waals surface area contributed by atoms with E-state index in [9.17, 15) is 14.4 Å². The van der Waals surface area contributed by atoms with E-state index in [1.54, 1.807) is 31.2 Å². The van der Waals surface area contributed by atoms with Gasteiger partial charge in [-0.1, -0.05) is 11.6 Å². The Morgan fingerprint density at radius 1 is 1.33 bits per heavy atom. The Labute approximate surface area is 131 Å². The fourth-order valence-corrected chi connectivity index (χ4v) is 2.46. The zero-order chi connectivity index (χ0) is 16.0. The molecule has 0 aliphatic heterocycles. The average molecular weight is 331 g/mol. The van der Waals surface area contributed by atoms with E-state index in [1.165, 1.54) is 11.8 Å². The van der Waals surface area contributed by atoms with Gasteiger partial charge >= 0.3 is 5.97 Å². The Balaban J connectivity index is 2.62. The number of amides is 2. The molecule has 0 spiro atoms. The molecule has 1 unspecified atom stereocenters. The van der Waals surface area contributed by atoms with Crippen molar-refractivity contribution in [2.45, 2.75) is 29.5 Å². The molecule has 0 saturated heterocycles. The molecule has 2 amide bonds. The van der Waals surface area contributed by atoms with Crippen LogP contribution in [0.25, 0.3) is 0 Å². The number of aliphatic carboxylic acids is 1. The van der Waals surface area contributed by atoms with Crippen molar-refractivity contribution in [1.29, 1.82) is 0 Å². The minimum atomic E-state index is -1.32. The predicted octanol–water partition coefficient (Wildman–Crippen LogP) is 1.27. The van der Waals surface area contributed by atoms with E-state index in [-0.39, 0.29) is 0 Å². The maximum Gasteiger partial charge on any atom is 0.326 e. The molecule has 0 aromatic heterocycles. The number of carbonyl (C=O) groups is 3. The van der Waals surface area contributed by atoms with Gasteiger partial charge in [0.25, 0.3) is 0 Å². The van der Waals surface area contributed by atoms with Crippen LogP contribution in [0.4, 0.5) is 0 Å². The highest BCUT2D eigenvalue weighted by molar-refractivity contribution is 8.00. The first-order chi connectivity index (χ1) is 9.79. The maximum absolute atomic E-state index is 11.9. The molecule has 0 heterocycles. The summed E-state index contributed by atoms with van der Waals surface area (Å²) in [6.45, 7) is 1.64. The second-order valence-corrected chi connectivity index (χ2v) is 6.13. The number of carboxylic acids is 1. The van der Waals surface area contributed by atoms with Crippen LogP contribution in [-0.2, 0) is 14.4 Å². The molecule has 6 nitrogen and oxygen atoms in total. The van der Waals surface area contributed by atoms with Crippen LogP contribution < -0.4 is 11.1 Å². The minimum absolute atomic E-state index is 0.445. The summed E-state index contributed by atoms with van der Waals surface area (Å²) in [5, 5.41) is 11.3. The third kappa shape index (κ3) is 6.05. The largest absolute Gasteiger partial charge is 0.480 e. The molecule has 1 aromatic carbocycles. The molecule has 0 bridgehead atoms. The van der Waals surface area contributed by atoms with Crippen LogP contribution in [-0.4, -0.2) is 34.2 Å². The molecule has 0 fully saturated rings. The molecule has 0 saturated carbocycles. The molecule has 114 valence electrons. The van der Waals surface area contributed by atoms with E-state index in [1.807, 2.05) is 0 Å². The van der Waals surface area contributed by atoms with E-state index in [2.05, 4.69) is 5.32 Å². The summed E-state index contributed by atoms with van der Waals surface area (Å²) < 4.78 is 0. The number of carboxylic acid groups (broad SMARTS) is 1. The second-order valence-electron chi connectivity index (χ2n) is 4.28. The summed E-state index contributed by atoms with van der Waals surface area (Å²) in [6.07, 6.45) is -0.445. The van der Waals surface area contributed by atoms with Gasteiger partial charge in [0.1, 0.15) is 6.04 Å². The van der Waals surface area contributed by atoms with Crippen LogP contribution in [0.1, 0.15) is 13.3 Å². The Morgan fingerprint density at radius 3 is 2.38 bits per heavy atom. The molecule has 4 N–H and O–H groups in total. The van der Waals surface area contributed by atoms with E-state index in [0.717, 1.165) is 4.90 Å². The SMILES string of the molecule is CC(Sc1ccc(Cl)cc1)C(=O)N[C@@H](CC(N)=O)C(=O)O. The number of nitrogens with one attached hydrogen (secondary N) is 1. The third-order valence-electron chi connectivity index (χ3n) is 2.52. The Morgan fingerprint density at radius 2 is 1.90 bits per heavy atom. The van der Waals surface area contributed by atoms with Crippen LogP contribution in [0.5, 0.6) is 0 Å². The number of rotatable bonds is 7. The molecule has 2 atom stereocenters. The molecule has 0 aliphatic rings. The first-order valence-corrected chi connectivity index (χ1v) is 7.29. The van der Waals surface area contributed by atoms with E-state index < -0.39 is 35.5 Å². The summed E-state index contributed by atoms with van der Waals surface area (Å²) in [6, 6.07) is 5.59. The van der Waals surface area contributed by atoms with Crippen molar-refractivity contribution in [2.75, 3.05) is 0 Å². The lowest BCUT2D eigenvalue weighted by Crippen LogP contribution is -2.45. The third-order valence-corrected chi connectivity index (χ3v) is 3.88. The first-order valence-electron chi connectivity index (χ1n) is 6.03. The van der Waals surface area contributed by atoms with Gasteiger partial charge in [-0.15, -0.1) is 11.8 Å². The number of hydrogen-bond donors (Lipinski definition) is 3. The van der Waals surface area contributed by atoms with Crippen LogP contribution in [0.2, 0.25) is 5.02 Å². The molecule has 0 radical (unpaired) electrons. The predicted molar refractivity (Wildman–Crippen MR) is 80.1 cm³/mol. The van der Waals surface area contributed by atoms with Gasteiger partial charge in [-0.05, 0) is 31.2 Å². The van der Waals surface area contributed by atoms with Crippen LogP contribution >= 0.6 is 23.4 Å². The van der Waals surface area contributed by atoms with Gasteiger partial charge in [-0.2, -0.15) is 0 Å². The number of benzene rings is 1. The van der Waals surface area contributed by atoms with Crippen molar-refractivity contribution in [2.24, 2.45) is 5.73 Å². The highest BCUT2D eigenvalue weighted by Gasteiger charge is 2.25. The van der Waals surface area contributed by atoms with Crippen molar-refractivity contribution < 1.29 is 19.5 Å². The standard InChI is InChI=1S/C13H15ClN2O4S/c1-7(21-9-4-2-8(14)3-5-9)12(18)16-10(13(19)20)6-11(15)17/h2-5,7,10H,6H2,1H3,(H2,15,17)(H,16,18)(H,19,20)/t7?,10-/m0/s1. The Hall–Kier alpha value is -1.73. The highest BCUT2D eigenvalue weighted by Crippen LogP contribution is 2.24. The van der Waals surface area contributed by atoms with Gasteiger partial charge in [0.05, 0.1) is 11.7 Å². The van der Waals surface area contributed by atoms with Crippen molar-refractivity contribution in [1.82, 2.24) is 5.32 Å². The van der Waals surface area contributed by atoms with E-state index >= 15 is 0 Å². The van der Waals surface area contributed by atoms with Gasteiger partial charge in [-0.3, -0.25) is 9.59 Å². The Kier molecular flexibility index (Phi) is 6.51. The zero-order valence-corrected chi connectivity index (χ0v) is 12.8. The molecule has 1 aromatic rings. The molecule has 0 aliphatic carbocycles. The fraction of sp³-hybridized carbons (Fsp3) is 0.308. The number of hydrogen-bond acceptors (Lipinski definition) is 4. The van der Waals surface area contributed by atoms with Crippen molar-refractivity contribution in [3.63, 3.8) is 0 Å². The number of halogens is 1. The van der Waals surface area contributed by atoms with Gasteiger partial charge in [0, 0.05) is 9.92 Å². The van der Waals surface area contributed by atoms with Gasteiger partial charge in [0.15, 0.2) is 0 Å². The molecular weight excluding hydrogens is 316 g/mol. The van der Waals surface area contributed by atoms with Gasteiger partial charge < -0.3 is 16.2 Å². The van der Waals surface area contributed by atoms with E-state index in [4.69, 9.17) is 22.4 Å². The molecule has 8 heteroatoms. The average Bonchev–Trinajstić information content (AvgIpc) is 2.39. The van der Waals surface area contributed by atoms with Crippen molar-refractivity contribution in [3.05, 3.63) is 29.3 Å². The highest BCUT2D eigenvalue weighted by atomic mass is 35.5. The van der Waals surface area contributed by atoms with E-state index in [0.29, 0.717) is 5.02 Å². The number of nitrogens with two attached hydrogens (primary N) is 1. The minimum Gasteiger partial charge on any atom is -0.480 e. The lowest BCUT2D eigenvalue weighted by Gasteiger charge is -2.16. The number of primary amides is 1. The summed E-state index contributed by atoms with van der Waals surface area (Å²) in [5.74, 6) is -2.57. The fourth-order valence-electron chi connectivity index (χ4n) is 1.46. The van der Waals surface area contributed by atoms with Crippen molar-refractivity contribution >= 4 is 41.1 Å². The quantitative estimate of drug-likeness (QED) is 0.652. The monoisotopic (exact) mass is 330 g/mol.